The zero-order valence-electron chi connectivity index (χ0n) is 18.7. The molecule has 1 fully saturated rings. The Bertz CT molecular complexity index is 935. The van der Waals surface area contributed by atoms with Gasteiger partial charge in [-0.15, -0.1) is 0 Å². The van der Waals surface area contributed by atoms with E-state index in [2.05, 4.69) is 49.6 Å². The van der Waals surface area contributed by atoms with Gasteiger partial charge in [0, 0.05) is 39.5 Å². The van der Waals surface area contributed by atoms with Crippen molar-refractivity contribution in [2.75, 3.05) is 27.4 Å². The Hall–Kier alpha value is -2.44. The number of imidazole rings is 1. The maximum atomic E-state index is 11.2. The molecule has 2 heterocycles. The lowest BCUT2D eigenvalue weighted by Crippen LogP contribution is -2.21. The second-order valence-corrected chi connectivity index (χ2v) is 8.29. The van der Waals surface area contributed by atoms with Crippen LogP contribution in [0.2, 0.25) is 0 Å². The van der Waals surface area contributed by atoms with Crippen LogP contribution in [-0.2, 0) is 20.8 Å². The summed E-state index contributed by atoms with van der Waals surface area (Å²) < 4.78 is 13.4. The normalized spacial score (nSPS) is 16.5. The van der Waals surface area contributed by atoms with Crippen LogP contribution in [0.5, 0.6) is 0 Å². The van der Waals surface area contributed by atoms with E-state index in [4.69, 9.17) is 14.5 Å². The molecule has 30 heavy (non-hydrogen) atoms. The van der Waals surface area contributed by atoms with E-state index in [0.717, 1.165) is 67.0 Å². The highest BCUT2D eigenvalue weighted by Crippen LogP contribution is 2.31. The predicted molar refractivity (Wildman–Crippen MR) is 120 cm³/mol. The fourth-order valence-electron chi connectivity index (χ4n) is 3.87. The fourth-order valence-corrected chi connectivity index (χ4v) is 3.87. The van der Waals surface area contributed by atoms with Gasteiger partial charge < -0.3 is 18.9 Å². The first-order valence-electron chi connectivity index (χ1n) is 10.6. The van der Waals surface area contributed by atoms with Crippen molar-refractivity contribution in [1.29, 1.82) is 0 Å². The van der Waals surface area contributed by atoms with Gasteiger partial charge in [0.15, 0.2) is 0 Å². The minimum atomic E-state index is 0.0821. The van der Waals surface area contributed by atoms with Crippen LogP contribution in [-0.4, -0.2) is 54.3 Å². The average molecular weight is 412 g/mol. The Labute approximate surface area is 179 Å². The van der Waals surface area contributed by atoms with Crippen molar-refractivity contribution >= 4 is 23.0 Å². The number of nitrogens with zero attached hydrogens (tertiary/aromatic N) is 3. The van der Waals surface area contributed by atoms with E-state index in [1.165, 1.54) is 10.5 Å². The zero-order valence-corrected chi connectivity index (χ0v) is 18.7. The summed E-state index contributed by atoms with van der Waals surface area (Å²) in [7, 11) is 3.49. The van der Waals surface area contributed by atoms with Gasteiger partial charge in [-0.3, -0.25) is 4.79 Å². The molecule has 1 unspecified atom stereocenters. The minimum absolute atomic E-state index is 0.0821. The molecule has 1 aromatic carbocycles. The molecule has 1 aliphatic rings. The Morgan fingerprint density at radius 3 is 2.73 bits per heavy atom. The largest absolute Gasteiger partial charge is 0.381 e. The zero-order chi connectivity index (χ0) is 21.7. The van der Waals surface area contributed by atoms with E-state index in [0.29, 0.717) is 5.92 Å². The first-order chi connectivity index (χ1) is 14.4. The van der Waals surface area contributed by atoms with Gasteiger partial charge in [0.05, 0.1) is 23.7 Å². The van der Waals surface area contributed by atoms with E-state index < -0.39 is 0 Å². The molecule has 6 heteroatoms. The third-order valence-corrected chi connectivity index (χ3v) is 5.49. The third-order valence-electron chi connectivity index (χ3n) is 5.49. The average Bonchev–Trinajstić information content (AvgIpc) is 3.10. The summed E-state index contributed by atoms with van der Waals surface area (Å²) in [5, 5.41) is 0. The lowest BCUT2D eigenvalue weighted by molar-refractivity contribution is -0.114. The van der Waals surface area contributed by atoms with E-state index in [-0.39, 0.29) is 6.10 Å². The molecule has 1 aromatic heterocycles. The summed E-state index contributed by atoms with van der Waals surface area (Å²) in [5.74, 6) is 1.51. The molecule has 0 radical (unpaired) electrons. The van der Waals surface area contributed by atoms with Gasteiger partial charge in [-0.2, -0.15) is 0 Å². The molecule has 2 aromatic rings. The molecule has 162 valence electrons. The number of hydrogen-bond acceptors (Lipinski definition) is 4. The van der Waals surface area contributed by atoms with Gasteiger partial charge in [0.25, 0.3) is 0 Å². The standard InChI is InChI=1S/C24H33N3O3/c1-17(2)12-21(15-26(4)16-28)20-6-7-22-23(13-20)27(14-18(3)29-5)24(25-22)19-8-10-30-11-9-19/h6-7,12-13,15-16,18-19H,8-11,14H2,1-5H3/b21-15+. The molecule has 3 rings (SSSR count). The molecular formula is C24H33N3O3. The van der Waals surface area contributed by atoms with Gasteiger partial charge in [0.2, 0.25) is 6.41 Å². The van der Waals surface area contributed by atoms with Crippen molar-refractivity contribution in [3.63, 3.8) is 0 Å². The van der Waals surface area contributed by atoms with Crippen molar-refractivity contribution in [2.45, 2.75) is 52.2 Å². The fraction of sp³-hybridized carbons (Fsp3) is 0.500. The molecule has 0 spiro atoms. The number of amides is 1. The van der Waals surface area contributed by atoms with Crippen LogP contribution >= 0.6 is 0 Å². The van der Waals surface area contributed by atoms with Crippen molar-refractivity contribution in [1.82, 2.24) is 14.5 Å². The monoisotopic (exact) mass is 411 g/mol. The topological polar surface area (TPSA) is 56.6 Å². The lowest BCUT2D eigenvalue weighted by atomic mass is 9.99. The van der Waals surface area contributed by atoms with Gasteiger partial charge >= 0.3 is 0 Å². The summed E-state index contributed by atoms with van der Waals surface area (Å²) in [6.45, 7) is 8.51. The maximum absolute atomic E-state index is 11.2. The van der Waals surface area contributed by atoms with Crippen LogP contribution in [0.1, 0.15) is 50.9 Å². The second kappa shape index (κ2) is 10.0. The van der Waals surface area contributed by atoms with Crippen LogP contribution < -0.4 is 0 Å². The molecule has 6 nitrogen and oxygen atoms in total. The van der Waals surface area contributed by atoms with Crippen LogP contribution in [0.25, 0.3) is 16.6 Å². The third kappa shape index (κ3) is 5.18. The van der Waals surface area contributed by atoms with Gasteiger partial charge in [-0.25, -0.2) is 4.98 Å². The number of rotatable bonds is 8. The highest BCUT2D eigenvalue weighted by atomic mass is 16.5. The molecule has 0 aliphatic carbocycles. The first-order valence-corrected chi connectivity index (χ1v) is 10.6. The first kappa shape index (κ1) is 22.2. The Kier molecular flexibility index (Phi) is 7.45. The van der Waals surface area contributed by atoms with Crippen molar-refractivity contribution in [3.8, 4) is 0 Å². The predicted octanol–water partition coefficient (Wildman–Crippen LogP) is 4.36. The van der Waals surface area contributed by atoms with Gasteiger partial charge in [-0.05, 0) is 56.9 Å². The molecule has 1 saturated heterocycles. The highest BCUT2D eigenvalue weighted by molar-refractivity contribution is 5.84. The summed E-state index contributed by atoms with van der Waals surface area (Å²) in [6.07, 6.45) is 6.83. The number of methoxy groups -OCH3 is 1. The number of ether oxygens (including phenoxy) is 2. The number of hydrogen-bond donors (Lipinski definition) is 0. The summed E-state index contributed by atoms with van der Waals surface area (Å²) >= 11 is 0. The minimum Gasteiger partial charge on any atom is -0.381 e. The quantitative estimate of drug-likeness (QED) is 0.478. The van der Waals surface area contributed by atoms with E-state index in [9.17, 15) is 4.79 Å². The molecule has 0 N–H and O–H groups in total. The van der Waals surface area contributed by atoms with Crippen molar-refractivity contribution in [2.24, 2.45) is 0 Å². The van der Waals surface area contributed by atoms with Crippen LogP contribution in [0, 0.1) is 0 Å². The molecule has 0 saturated carbocycles. The van der Waals surface area contributed by atoms with Crippen molar-refractivity contribution in [3.05, 3.63) is 47.4 Å². The van der Waals surface area contributed by atoms with Crippen LogP contribution in [0.4, 0.5) is 0 Å². The number of allylic oxidation sites excluding steroid dienone is 3. The van der Waals surface area contributed by atoms with E-state index >= 15 is 0 Å². The van der Waals surface area contributed by atoms with Crippen LogP contribution in [0.15, 0.2) is 36.0 Å². The molecule has 0 bridgehead atoms. The highest BCUT2D eigenvalue weighted by Gasteiger charge is 2.24. The molecule has 1 amide bonds. The lowest BCUT2D eigenvalue weighted by Gasteiger charge is -2.23. The smallest absolute Gasteiger partial charge is 0.213 e. The Balaban J connectivity index is 2.13. The number of carbonyl (C=O) groups excluding carboxylic acids is 1. The Morgan fingerprint density at radius 2 is 2.10 bits per heavy atom. The Morgan fingerprint density at radius 1 is 1.37 bits per heavy atom. The second-order valence-electron chi connectivity index (χ2n) is 8.29. The van der Waals surface area contributed by atoms with Gasteiger partial charge in [-0.1, -0.05) is 17.7 Å². The number of fused-ring (bicyclic) bond motifs is 1. The van der Waals surface area contributed by atoms with Crippen molar-refractivity contribution < 1.29 is 14.3 Å². The molecule has 1 atom stereocenters. The molecular weight excluding hydrogens is 378 g/mol. The van der Waals surface area contributed by atoms with Crippen LogP contribution in [0.3, 0.4) is 0 Å². The number of benzene rings is 1. The van der Waals surface area contributed by atoms with E-state index in [1.807, 2.05) is 6.20 Å². The number of carbonyl (C=O) groups is 1. The SMILES string of the molecule is COC(C)Cn1c(C2CCOCC2)nc2ccc(/C(C=C(C)C)=C/N(C)C=O)cc21. The van der Waals surface area contributed by atoms with E-state index in [1.54, 1.807) is 14.2 Å². The summed E-state index contributed by atoms with van der Waals surface area (Å²) in [6, 6.07) is 6.34. The number of aromatic nitrogens is 2. The summed E-state index contributed by atoms with van der Waals surface area (Å²) in [4.78, 5) is 17.7. The maximum Gasteiger partial charge on any atom is 0.213 e. The van der Waals surface area contributed by atoms with Gasteiger partial charge in [0.1, 0.15) is 5.82 Å². The molecule has 1 aliphatic heterocycles. The summed E-state index contributed by atoms with van der Waals surface area (Å²) in [5.41, 5.74) is 5.31.